The number of ether oxygens (including phenoxy) is 1. The van der Waals surface area contributed by atoms with E-state index in [9.17, 15) is 9.59 Å². The Balaban J connectivity index is 1.47. The van der Waals surface area contributed by atoms with Crippen LogP contribution in [0.3, 0.4) is 0 Å². The number of nitrogens with one attached hydrogen (secondary N) is 2. The number of rotatable bonds is 7. The van der Waals surface area contributed by atoms with Crippen LogP contribution in [0.4, 0.5) is 0 Å². The molecule has 0 bridgehead atoms. The van der Waals surface area contributed by atoms with Crippen molar-refractivity contribution in [2.45, 2.75) is 0 Å². The number of benzene rings is 3. The molecule has 142 valence electrons. The van der Waals surface area contributed by atoms with Crippen molar-refractivity contribution in [2.75, 3.05) is 20.2 Å². The highest BCUT2D eigenvalue weighted by atomic mass is 16.5. The number of carbonyl (C=O) groups is 2. The largest absolute Gasteiger partial charge is 0.497 e. The van der Waals surface area contributed by atoms with Gasteiger partial charge in [0.2, 0.25) is 0 Å². The SMILES string of the molecule is COc1cccc(C(=O)NCCNC(=O)c2ccc(-c3ccccc3)cc2)c1. The fraction of sp³-hybridized carbons (Fsp3) is 0.130. The van der Waals surface area contributed by atoms with Crippen LogP contribution in [0.25, 0.3) is 11.1 Å². The van der Waals surface area contributed by atoms with Gasteiger partial charge in [0.15, 0.2) is 0 Å². The summed E-state index contributed by atoms with van der Waals surface area (Å²) in [5, 5.41) is 5.59. The number of methoxy groups -OCH3 is 1. The van der Waals surface area contributed by atoms with Gasteiger partial charge in [-0.25, -0.2) is 0 Å². The fourth-order valence-electron chi connectivity index (χ4n) is 2.77. The van der Waals surface area contributed by atoms with Gasteiger partial charge in [0.25, 0.3) is 11.8 Å². The lowest BCUT2D eigenvalue weighted by Crippen LogP contribution is -2.34. The van der Waals surface area contributed by atoms with E-state index in [-0.39, 0.29) is 11.8 Å². The molecule has 0 fully saturated rings. The maximum atomic E-state index is 12.3. The van der Waals surface area contributed by atoms with Gasteiger partial charge >= 0.3 is 0 Å². The summed E-state index contributed by atoms with van der Waals surface area (Å²) in [7, 11) is 1.55. The van der Waals surface area contributed by atoms with Gasteiger partial charge in [-0.3, -0.25) is 9.59 Å². The predicted molar refractivity (Wildman–Crippen MR) is 110 cm³/mol. The van der Waals surface area contributed by atoms with Crippen LogP contribution >= 0.6 is 0 Å². The molecule has 3 rings (SSSR count). The van der Waals surface area contributed by atoms with Crippen LogP contribution in [0.2, 0.25) is 0 Å². The first-order valence-corrected chi connectivity index (χ1v) is 9.03. The summed E-state index contributed by atoms with van der Waals surface area (Å²) < 4.78 is 5.11. The zero-order valence-electron chi connectivity index (χ0n) is 15.6. The summed E-state index contributed by atoms with van der Waals surface area (Å²) in [5.41, 5.74) is 3.26. The molecule has 0 aliphatic heterocycles. The molecule has 0 aliphatic rings. The molecule has 28 heavy (non-hydrogen) atoms. The van der Waals surface area contributed by atoms with Crippen LogP contribution in [0, 0.1) is 0 Å². The van der Waals surface area contributed by atoms with Gasteiger partial charge in [-0.15, -0.1) is 0 Å². The summed E-state index contributed by atoms with van der Waals surface area (Å²) in [6.07, 6.45) is 0. The number of amides is 2. The Bertz CT molecular complexity index is 938. The molecular formula is C23H22N2O3. The first-order valence-electron chi connectivity index (χ1n) is 9.03. The molecule has 0 unspecified atom stereocenters. The standard InChI is InChI=1S/C23H22N2O3/c1-28-21-9-5-8-20(16-21)23(27)25-15-14-24-22(26)19-12-10-18(11-13-19)17-6-3-2-4-7-17/h2-13,16H,14-15H2,1H3,(H,24,26)(H,25,27). The second kappa shape index (κ2) is 9.37. The van der Waals surface area contributed by atoms with E-state index < -0.39 is 0 Å². The molecule has 0 spiro atoms. The van der Waals surface area contributed by atoms with Crippen LogP contribution in [-0.4, -0.2) is 32.0 Å². The van der Waals surface area contributed by atoms with Gasteiger partial charge in [0, 0.05) is 24.2 Å². The molecule has 0 saturated heterocycles. The minimum atomic E-state index is -0.208. The van der Waals surface area contributed by atoms with Crippen LogP contribution in [0.1, 0.15) is 20.7 Å². The van der Waals surface area contributed by atoms with Crippen LogP contribution in [-0.2, 0) is 0 Å². The zero-order chi connectivity index (χ0) is 19.8. The maximum absolute atomic E-state index is 12.3. The normalized spacial score (nSPS) is 10.2. The lowest BCUT2D eigenvalue weighted by atomic mass is 10.0. The lowest BCUT2D eigenvalue weighted by molar-refractivity contribution is 0.0927. The van der Waals surface area contributed by atoms with Gasteiger partial charge in [0.1, 0.15) is 5.75 Å². The van der Waals surface area contributed by atoms with Crippen LogP contribution in [0.15, 0.2) is 78.9 Å². The van der Waals surface area contributed by atoms with Crippen molar-refractivity contribution in [3.63, 3.8) is 0 Å². The summed E-state index contributed by atoms with van der Waals surface area (Å²) in [4.78, 5) is 24.4. The van der Waals surface area contributed by atoms with E-state index in [1.54, 1.807) is 43.5 Å². The summed E-state index contributed by atoms with van der Waals surface area (Å²) in [6.45, 7) is 0.679. The number of hydrogen-bond donors (Lipinski definition) is 2. The van der Waals surface area contributed by atoms with Crippen LogP contribution < -0.4 is 15.4 Å². The molecule has 0 radical (unpaired) electrons. The van der Waals surface area contributed by atoms with E-state index in [0.717, 1.165) is 11.1 Å². The molecule has 2 N–H and O–H groups in total. The molecule has 3 aromatic carbocycles. The van der Waals surface area contributed by atoms with Gasteiger partial charge in [-0.2, -0.15) is 0 Å². The molecule has 0 atom stereocenters. The Morgan fingerprint density at radius 3 is 1.96 bits per heavy atom. The van der Waals surface area contributed by atoms with Gasteiger partial charge in [-0.1, -0.05) is 48.5 Å². The molecule has 3 aromatic rings. The van der Waals surface area contributed by atoms with E-state index in [4.69, 9.17) is 4.74 Å². The van der Waals surface area contributed by atoms with Crippen LogP contribution in [0.5, 0.6) is 5.75 Å². The Morgan fingerprint density at radius 2 is 1.32 bits per heavy atom. The maximum Gasteiger partial charge on any atom is 0.251 e. The van der Waals surface area contributed by atoms with Crippen molar-refractivity contribution >= 4 is 11.8 Å². The summed E-state index contributed by atoms with van der Waals surface area (Å²) in [5.74, 6) is 0.246. The topological polar surface area (TPSA) is 67.4 Å². The third kappa shape index (κ3) is 4.98. The third-order valence-corrected chi connectivity index (χ3v) is 4.28. The van der Waals surface area contributed by atoms with E-state index in [2.05, 4.69) is 10.6 Å². The number of carbonyl (C=O) groups excluding carboxylic acids is 2. The first-order chi connectivity index (χ1) is 13.7. The highest BCUT2D eigenvalue weighted by molar-refractivity contribution is 5.95. The van der Waals surface area contributed by atoms with E-state index >= 15 is 0 Å². The average molecular weight is 374 g/mol. The average Bonchev–Trinajstić information content (AvgIpc) is 2.77. The molecule has 2 amide bonds. The second-order valence-electron chi connectivity index (χ2n) is 6.19. The zero-order valence-corrected chi connectivity index (χ0v) is 15.6. The van der Waals surface area contributed by atoms with Crippen molar-refractivity contribution < 1.29 is 14.3 Å². The Labute approximate surface area is 164 Å². The quantitative estimate of drug-likeness (QED) is 0.622. The monoisotopic (exact) mass is 374 g/mol. The molecule has 5 heteroatoms. The molecule has 5 nitrogen and oxygen atoms in total. The molecule has 0 aliphatic carbocycles. The van der Waals surface area contributed by atoms with Crippen molar-refractivity contribution in [2.24, 2.45) is 0 Å². The van der Waals surface area contributed by atoms with Crippen molar-refractivity contribution in [3.05, 3.63) is 90.0 Å². The van der Waals surface area contributed by atoms with Crippen molar-refractivity contribution in [1.82, 2.24) is 10.6 Å². The van der Waals surface area contributed by atoms with E-state index in [1.165, 1.54) is 0 Å². The van der Waals surface area contributed by atoms with Crippen molar-refractivity contribution in [1.29, 1.82) is 0 Å². The Hall–Kier alpha value is -3.60. The van der Waals surface area contributed by atoms with Gasteiger partial charge in [0.05, 0.1) is 7.11 Å². The van der Waals surface area contributed by atoms with Crippen molar-refractivity contribution in [3.8, 4) is 16.9 Å². The smallest absolute Gasteiger partial charge is 0.251 e. The van der Waals surface area contributed by atoms with Gasteiger partial charge in [-0.05, 0) is 41.5 Å². The molecular weight excluding hydrogens is 352 g/mol. The minimum absolute atomic E-state index is 0.171. The Kier molecular flexibility index (Phi) is 6.41. The minimum Gasteiger partial charge on any atom is -0.497 e. The van der Waals surface area contributed by atoms with Gasteiger partial charge < -0.3 is 15.4 Å². The fourth-order valence-corrected chi connectivity index (χ4v) is 2.77. The molecule has 0 aromatic heterocycles. The molecule has 0 heterocycles. The van der Waals surface area contributed by atoms with E-state index in [0.29, 0.717) is 30.0 Å². The Morgan fingerprint density at radius 1 is 0.714 bits per heavy atom. The summed E-state index contributed by atoms with van der Waals surface area (Å²) in [6, 6.07) is 24.4. The first kappa shape index (κ1) is 19.2. The highest BCUT2D eigenvalue weighted by Gasteiger charge is 2.08. The number of hydrogen-bond acceptors (Lipinski definition) is 3. The highest BCUT2D eigenvalue weighted by Crippen LogP contribution is 2.19. The lowest BCUT2D eigenvalue weighted by Gasteiger charge is -2.09. The summed E-state index contributed by atoms with van der Waals surface area (Å²) >= 11 is 0. The second-order valence-corrected chi connectivity index (χ2v) is 6.19. The molecule has 0 saturated carbocycles. The predicted octanol–water partition coefficient (Wildman–Crippen LogP) is 3.52. The van der Waals surface area contributed by atoms with E-state index in [1.807, 2.05) is 42.5 Å². The third-order valence-electron chi connectivity index (χ3n) is 4.28.